The first-order chi connectivity index (χ1) is 14.9. The number of allylic oxidation sites excluding steroid dienone is 4. The van der Waals surface area contributed by atoms with E-state index in [0.29, 0.717) is 16.7 Å². The molecule has 1 nitrogen and oxygen atoms in total. The Bertz CT molecular complexity index is 935. The Morgan fingerprint density at radius 3 is 2.58 bits per heavy atom. The maximum Gasteiger partial charge on any atom is 0.0663 e. The van der Waals surface area contributed by atoms with Crippen molar-refractivity contribution >= 4 is 11.9 Å². The number of para-hydroxylation sites is 1. The van der Waals surface area contributed by atoms with E-state index in [2.05, 4.69) is 64.1 Å². The van der Waals surface area contributed by atoms with Crippen molar-refractivity contribution < 1.29 is 0 Å². The first-order valence-corrected chi connectivity index (χ1v) is 12.9. The second-order valence-electron chi connectivity index (χ2n) is 11.6. The van der Waals surface area contributed by atoms with Gasteiger partial charge >= 0.3 is 0 Å². The van der Waals surface area contributed by atoms with E-state index in [9.17, 15) is 0 Å². The summed E-state index contributed by atoms with van der Waals surface area (Å²) in [4.78, 5) is 4.69. The Morgan fingerprint density at radius 2 is 1.77 bits per heavy atom. The quantitative estimate of drug-likeness (QED) is 0.346. The lowest BCUT2D eigenvalue weighted by Crippen LogP contribution is -2.49. The number of hydrogen-bond donors (Lipinski definition) is 0. The molecular formula is C30H41N. The van der Waals surface area contributed by atoms with E-state index in [-0.39, 0.29) is 0 Å². The average molecular weight is 416 g/mol. The molecule has 0 saturated heterocycles. The molecular weight excluding hydrogens is 374 g/mol. The van der Waals surface area contributed by atoms with E-state index in [0.717, 1.165) is 29.4 Å². The molecule has 2 saturated carbocycles. The van der Waals surface area contributed by atoms with Crippen molar-refractivity contribution in [1.29, 1.82) is 0 Å². The van der Waals surface area contributed by atoms with Gasteiger partial charge in [-0.25, -0.2) is 0 Å². The lowest BCUT2D eigenvalue weighted by molar-refractivity contribution is -0.0217. The number of hydrogen-bond acceptors (Lipinski definition) is 1. The number of fused-ring (bicyclic) bond motifs is 5. The molecule has 4 aliphatic carbocycles. The molecule has 166 valence electrons. The molecule has 0 amide bonds. The van der Waals surface area contributed by atoms with Gasteiger partial charge in [-0.05, 0) is 98.0 Å². The Kier molecular flexibility index (Phi) is 5.31. The minimum Gasteiger partial charge on any atom is -0.261 e. The standard InChI is InChI=1S/C30H41N/c1-6-31-28-10-8-7-9-23(28)21(3)25-13-14-26-24-12-11-22-19-20(2)15-17-29(22,4)27(24)16-18-30(25,26)5/h6-11,13,20-21,24,26-27H,12,14-19H2,1-5H3. The van der Waals surface area contributed by atoms with Crippen LogP contribution in [0.2, 0.25) is 0 Å². The third-order valence-corrected chi connectivity index (χ3v) is 10.1. The summed E-state index contributed by atoms with van der Waals surface area (Å²) < 4.78 is 0. The van der Waals surface area contributed by atoms with Crippen LogP contribution in [-0.2, 0) is 0 Å². The molecule has 0 heterocycles. The summed E-state index contributed by atoms with van der Waals surface area (Å²) in [5.41, 5.74) is 6.90. The summed E-state index contributed by atoms with van der Waals surface area (Å²) in [6.45, 7) is 12.2. The molecule has 2 fully saturated rings. The maximum absolute atomic E-state index is 4.69. The van der Waals surface area contributed by atoms with Crippen LogP contribution < -0.4 is 0 Å². The van der Waals surface area contributed by atoms with Crippen molar-refractivity contribution in [3.05, 3.63) is 53.1 Å². The molecule has 1 aromatic carbocycles. The topological polar surface area (TPSA) is 12.4 Å². The second kappa shape index (κ2) is 7.75. The van der Waals surface area contributed by atoms with Crippen molar-refractivity contribution in [1.82, 2.24) is 0 Å². The van der Waals surface area contributed by atoms with Crippen LogP contribution in [0.3, 0.4) is 0 Å². The lowest BCUT2D eigenvalue weighted by Gasteiger charge is -2.58. The highest BCUT2D eigenvalue weighted by molar-refractivity contribution is 5.63. The molecule has 7 atom stereocenters. The summed E-state index contributed by atoms with van der Waals surface area (Å²) in [6, 6.07) is 8.78. The normalized spacial score (nSPS) is 40.5. The van der Waals surface area contributed by atoms with Crippen LogP contribution in [0.1, 0.15) is 91.0 Å². The van der Waals surface area contributed by atoms with Crippen molar-refractivity contribution in [2.45, 2.75) is 85.5 Å². The van der Waals surface area contributed by atoms with Crippen LogP contribution in [-0.4, -0.2) is 6.21 Å². The van der Waals surface area contributed by atoms with Crippen LogP contribution >= 0.6 is 0 Å². The molecule has 31 heavy (non-hydrogen) atoms. The Hall–Kier alpha value is -1.63. The van der Waals surface area contributed by atoms with Gasteiger partial charge in [0.1, 0.15) is 0 Å². The molecule has 0 spiro atoms. The van der Waals surface area contributed by atoms with Gasteiger partial charge in [0.05, 0.1) is 5.69 Å². The van der Waals surface area contributed by atoms with Crippen molar-refractivity contribution in [3.8, 4) is 0 Å². The van der Waals surface area contributed by atoms with E-state index < -0.39 is 0 Å². The number of benzene rings is 1. The molecule has 0 aromatic heterocycles. The van der Waals surface area contributed by atoms with E-state index in [1.165, 1.54) is 50.5 Å². The molecule has 4 aliphatic rings. The zero-order valence-electron chi connectivity index (χ0n) is 20.3. The van der Waals surface area contributed by atoms with Crippen LogP contribution in [0.15, 0.2) is 52.6 Å². The predicted octanol–water partition coefficient (Wildman–Crippen LogP) is 8.65. The maximum atomic E-state index is 4.69. The minimum atomic E-state index is 0.354. The van der Waals surface area contributed by atoms with Gasteiger partial charge in [0.2, 0.25) is 0 Å². The van der Waals surface area contributed by atoms with Crippen LogP contribution in [0.25, 0.3) is 0 Å². The summed E-state index contributed by atoms with van der Waals surface area (Å²) >= 11 is 0. The molecule has 1 heteroatoms. The van der Waals surface area contributed by atoms with Crippen molar-refractivity contribution in [2.24, 2.45) is 39.5 Å². The Balaban J connectivity index is 1.44. The Labute approximate surface area is 190 Å². The highest BCUT2D eigenvalue weighted by atomic mass is 14.7. The van der Waals surface area contributed by atoms with E-state index >= 15 is 0 Å². The van der Waals surface area contributed by atoms with Gasteiger partial charge in [0.25, 0.3) is 0 Å². The van der Waals surface area contributed by atoms with Crippen molar-refractivity contribution in [2.75, 3.05) is 0 Å². The second-order valence-corrected chi connectivity index (χ2v) is 11.6. The molecule has 5 rings (SSSR count). The SMILES string of the molecule is CC=Nc1ccccc1C(C)C1=CCC2C3CC=C4CC(C)CCC4(C)C3CCC12C. The number of aliphatic imine (C=N–C) groups is 1. The van der Waals surface area contributed by atoms with Gasteiger partial charge in [-0.3, -0.25) is 4.99 Å². The van der Waals surface area contributed by atoms with E-state index in [1.807, 2.05) is 18.7 Å². The van der Waals surface area contributed by atoms with E-state index in [1.54, 1.807) is 5.57 Å². The Morgan fingerprint density at radius 1 is 1.00 bits per heavy atom. The fraction of sp³-hybridized carbons (Fsp3) is 0.633. The van der Waals surface area contributed by atoms with Gasteiger partial charge in [-0.2, -0.15) is 0 Å². The largest absolute Gasteiger partial charge is 0.261 e. The first kappa shape index (κ1) is 21.2. The van der Waals surface area contributed by atoms with Gasteiger partial charge in [0, 0.05) is 12.1 Å². The van der Waals surface area contributed by atoms with Gasteiger partial charge < -0.3 is 0 Å². The monoisotopic (exact) mass is 415 g/mol. The van der Waals surface area contributed by atoms with Gasteiger partial charge in [-0.15, -0.1) is 0 Å². The molecule has 0 aliphatic heterocycles. The van der Waals surface area contributed by atoms with Gasteiger partial charge in [0.15, 0.2) is 0 Å². The molecule has 0 bridgehead atoms. The molecule has 1 aromatic rings. The minimum absolute atomic E-state index is 0.354. The highest BCUT2D eigenvalue weighted by Crippen LogP contribution is 2.66. The van der Waals surface area contributed by atoms with Crippen LogP contribution in [0, 0.1) is 34.5 Å². The molecule has 0 N–H and O–H groups in total. The first-order valence-electron chi connectivity index (χ1n) is 12.9. The van der Waals surface area contributed by atoms with E-state index in [4.69, 9.17) is 4.99 Å². The highest BCUT2D eigenvalue weighted by Gasteiger charge is 2.57. The summed E-state index contributed by atoms with van der Waals surface area (Å²) in [7, 11) is 0. The zero-order chi connectivity index (χ0) is 21.8. The summed E-state index contributed by atoms with van der Waals surface area (Å²) in [6.07, 6.45) is 16.9. The number of nitrogens with zero attached hydrogens (tertiary/aromatic N) is 1. The third-order valence-electron chi connectivity index (χ3n) is 10.1. The molecule has 7 unspecified atom stereocenters. The molecule has 0 radical (unpaired) electrons. The fourth-order valence-electron chi connectivity index (χ4n) is 8.39. The third kappa shape index (κ3) is 3.21. The van der Waals surface area contributed by atoms with Crippen molar-refractivity contribution in [3.63, 3.8) is 0 Å². The zero-order valence-corrected chi connectivity index (χ0v) is 20.3. The average Bonchev–Trinajstić information content (AvgIpc) is 3.11. The summed E-state index contributed by atoms with van der Waals surface area (Å²) in [5.74, 6) is 3.92. The van der Waals surface area contributed by atoms with Crippen LogP contribution in [0.4, 0.5) is 5.69 Å². The predicted molar refractivity (Wildman–Crippen MR) is 133 cm³/mol. The van der Waals surface area contributed by atoms with Gasteiger partial charge in [-0.1, -0.05) is 69.2 Å². The lowest BCUT2D eigenvalue weighted by atomic mass is 9.46. The van der Waals surface area contributed by atoms with Crippen LogP contribution in [0.5, 0.6) is 0 Å². The number of rotatable bonds is 3. The smallest absolute Gasteiger partial charge is 0.0663 e. The fourth-order valence-corrected chi connectivity index (χ4v) is 8.39. The summed E-state index contributed by atoms with van der Waals surface area (Å²) in [5, 5.41) is 0.